The number of rotatable bonds is 6. The van der Waals surface area contributed by atoms with Gasteiger partial charge in [0, 0.05) is 18.2 Å². The molecule has 1 aromatic carbocycles. The molecular formula is C23H27ClN4O2. The molecule has 2 heterocycles. The molecule has 0 bridgehead atoms. The molecule has 0 unspecified atom stereocenters. The zero-order chi connectivity index (χ0) is 21.7. The molecule has 2 aromatic rings. The summed E-state index contributed by atoms with van der Waals surface area (Å²) in [7, 11) is 0. The van der Waals surface area contributed by atoms with Crippen molar-refractivity contribution in [2.45, 2.75) is 32.7 Å². The van der Waals surface area contributed by atoms with Gasteiger partial charge in [0.05, 0.1) is 16.3 Å². The molecule has 3 rings (SSSR count). The van der Waals surface area contributed by atoms with E-state index in [1.165, 1.54) is 6.20 Å². The van der Waals surface area contributed by atoms with Crippen molar-refractivity contribution in [3.8, 4) is 0 Å². The third kappa shape index (κ3) is 5.46. The van der Waals surface area contributed by atoms with Crippen molar-refractivity contribution < 1.29 is 9.59 Å². The Morgan fingerprint density at radius 3 is 2.53 bits per heavy atom. The molecule has 7 heteroatoms. The number of likely N-dealkylation sites (tertiary alicyclic amines) is 1. The van der Waals surface area contributed by atoms with Crippen LogP contribution in [0.25, 0.3) is 6.08 Å². The molecule has 2 N–H and O–H groups in total. The monoisotopic (exact) mass is 426 g/mol. The van der Waals surface area contributed by atoms with E-state index in [2.05, 4.69) is 40.9 Å². The zero-order valence-electron chi connectivity index (χ0n) is 17.3. The Hall–Kier alpha value is -2.70. The molecule has 0 spiro atoms. The standard InChI is InChI=1S/C23H27ClN4O2/c1-4-16-5-7-20(26-22(29)17-9-11-28(12-10-17)15(2)3)19(13-16)23(30)27-21-8-6-18(24)14-25-21/h4-8,13-15,17H,1,9-12H2,2-3H3,(H,26,29)(H,25,27,30). The Balaban J connectivity index is 1.74. The van der Waals surface area contributed by atoms with E-state index in [0.29, 0.717) is 28.1 Å². The maximum atomic E-state index is 12.9. The number of nitrogens with zero attached hydrogens (tertiary/aromatic N) is 2. The van der Waals surface area contributed by atoms with Gasteiger partial charge < -0.3 is 15.5 Å². The van der Waals surface area contributed by atoms with Gasteiger partial charge in [-0.25, -0.2) is 4.98 Å². The number of halogens is 1. The number of piperidine rings is 1. The maximum absolute atomic E-state index is 12.9. The summed E-state index contributed by atoms with van der Waals surface area (Å²) in [5, 5.41) is 6.19. The van der Waals surface area contributed by atoms with E-state index in [4.69, 9.17) is 11.6 Å². The van der Waals surface area contributed by atoms with E-state index in [9.17, 15) is 9.59 Å². The van der Waals surface area contributed by atoms with Gasteiger partial charge >= 0.3 is 0 Å². The van der Waals surface area contributed by atoms with Gasteiger partial charge in [0.15, 0.2) is 0 Å². The predicted molar refractivity (Wildman–Crippen MR) is 122 cm³/mol. The van der Waals surface area contributed by atoms with E-state index < -0.39 is 0 Å². The first-order chi connectivity index (χ1) is 14.4. The van der Waals surface area contributed by atoms with Crippen molar-refractivity contribution in [2.75, 3.05) is 23.7 Å². The van der Waals surface area contributed by atoms with Crippen LogP contribution in [-0.4, -0.2) is 40.8 Å². The third-order valence-corrected chi connectivity index (χ3v) is 5.61. The minimum absolute atomic E-state index is 0.0524. The number of pyridine rings is 1. The summed E-state index contributed by atoms with van der Waals surface area (Å²) in [5.41, 5.74) is 1.62. The van der Waals surface area contributed by atoms with Gasteiger partial charge in [-0.2, -0.15) is 0 Å². The lowest BCUT2D eigenvalue weighted by Crippen LogP contribution is -2.41. The van der Waals surface area contributed by atoms with Gasteiger partial charge in [-0.1, -0.05) is 30.3 Å². The molecule has 0 aliphatic carbocycles. The lowest BCUT2D eigenvalue weighted by molar-refractivity contribution is -0.121. The quantitative estimate of drug-likeness (QED) is 0.702. The second kappa shape index (κ2) is 9.87. The molecule has 1 aliphatic heterocycles. The molecule has 6 nitrogen and oxygen atoms in total. The molecule has 1 aliphatic rings. The molecule has 1 fully saturated rings. The first-order valence-corrected chi connectivity index (χ1v) is 10.5. The van der Waals surface area contributed by atoms with E-state index >= 15 is 0 Å². The molecule has 158 valence electrons. The predicted octanol–water partition coefficient (Wildman–Crippen LogP) is 4.69. The molecule has 0 radical (unpaired) electrons. The van der Waals surface area contributed by atoms with Crippen LogP contribution in [0.4, 0.5) is 11.5 Å². The fourth-order valence-corrected chi connectivity index (χ4v) is 3.64. The summed E-state index contributed by atoms with van der Waals surface area (Å²) in [6, 6.07) is 9.02. The van der Waals surface area contributed by atoms with Gasteiger partial charge in [-0.15, -0.1) is 0 Å². The molecular weight excluding hydrogens is 400 g/mol. The fourth-order valence-electron chi connectivity index (χ4n) is 3.53. The van der Waals surface area contributed by atoms with Crippen molar-refractivity contribution in [3.05, 3.63) is 59.3 Å². The number of nitrogens with one attached hydrogen (secondary N) is 2. The van der Waals surface area contributed by atoms with Crippen molar-refractivity contribution in [2.24, 2.45) is 5.92 Å². The Morgan fingerprint density at radius 2 is 1.93 bits per heavy atom. The van der Waals surface area contributed by atoms with Gasteiger partial charge in [0.1, 0.15) is 5.82 Å². The van der Waals surface area contributed by atoms with E-state index in [0.717, 1.165) is 31.5 Å². The van der Waals surface area contributed by atoms with Gasteiger partial charge in [-0.05, 0) is 69.6 Å². The van der Waals surface area contributed by atoms with Crippen molar-refractivity contribution in [1.82, 2.24) is 9.88 Å². The van der Waals surface area contributed by atoms with E-state index in [-0.39, 0.29) is 17.7 Å². The minimum atomic E-state index is -0.363. The number of hydrogen-bond acceptors (Lipinski definition) is 4. The molecule has 2 amide bonds. The summed E-state index contributed by atoms with van der Waals surface area (Å²) in [5.74, 6) is -0.0958. The topological polar surface area (TPSA) is 74.3 Å². The smallest absolute Gasteiger partial charge is 0.258 e. The Morgan fingerprint density at radius 1 is 1.20 bits per heavy atom. The highest BCUT2D eigenvalue weighted by Crippen LogP contribution is 2.24. The van der Waals surface area contributed by atoms with Crippen molar-refractivity contribution >= 4 is 41.0 Å². The summed E-state index contributed by atoms with van der Waals surface area (Å²) >= 11 is 5.85. The van der Waals surface area contributed by atoms with Crippen LogP contribution in [0.15, 0.2) is 43.1 Å². The van der Waals surface area contributed by atoms with Crippen LogP contribution in [0.5, 0.6) is 0 Å². The van der Waals surface area contributed by atoms with Crippen LogP contribution in [0.2, 0.25) is 5.02 Å². The fraction of sp³-hybridized carbons (Fsp3) is 0.348. The summed E-state index contributed by atoms with van der Waals surface area (Å²) in [6.45, 7) is 9.90. The zero-order valence-corrected chi connectivity index (χ0v) is 18.1. The van der Waals surface area contributed by atoms with Crippen LogP contribution in [-0.2, 0) is 4.79 Å². The highest BCUT2D eigenvalue weighted by molar-refractivity contribution is 6.30. The lowest BCUT2D eigenvalue weighted by atomic mass is 9.94. The first kappa shape index (κ1) is 22.0. The lowest BCUT2D eigenvalue weighted by Gasteiger charge is -2.34. The van der Waals surface area contributed by atoms with E-state index in [1.807, 2.05) is 6.07 Å². The highest BCUT2D eigenvalue weighted by Gasteiger charge is 2.27. The molecule has 1 saturated heterocycles. The number of benzene rings is 1. The third-order valence-electron chi connectivity index (χ3n) is 5.38. The van der Waals surface area contributed by atoms with Crippen LogP contribution >= 0.6 is 11.6 Å². The van der Waals surface area contributed by atoms with Crippen LogP contribution in [0, 0.1) is 5.92 Å². The Labute approximate surface area is 182 Å². The van der Waals surface area contributed by atoms with Gasteiger partial charge in [0.25, 0.3) is 5.91 Å². The number of anilines is 2. The SMILES string of the molecule is C=Cc1ccc(NC(=O)C2CCN(C(C)C)CC2)c(C(=O)Nc2ccc(Cl)cn2)c1. The van der Waals surface area contributed by atoms with Crippen LogP contribution in [0.1, 0.15) is 42.6 Å². The minimum Gasteiger partial charge on any atom is -0.325 e. The Kier molecular flexibility index (Phi) is 7.24. The first-order valence-electron chi connectivity index (χ1n) is 10.1. The van der Waals surface area contributed by atoms with E-state index in [1.54, 1.807) is 30.3 Å². The van der Waals surface area contributed by atoms with Gasteiger partial charge in [-0.3, -0.25) is 9.59 Å². The number of carbonyl (C=O) groups is 2. The number of carbonyl (C=O) groups excluding carboxylic acids is 2. The average molecular weight is 427 g/mol. The number of aromatic nitrogens is 1. The number of hydrogen-bond donors (Lipinski definition) is 2. The van der Waals surface area contributed by atoms with Crippen molar-refractivity contribution in [1.29, 1.82) is 0 Å². The summed E-state index contributed by atoms with van der Waals surface area (Å²) in [4.78, 5) is 32.2. The molecule has 1 aromatic heterocycles. The summed E-state index contributed by atoms with van der Waals surface area (Å²) in [6.07, 6.45) is 4.74. The average Bonchev–Trinajstić information content (AvgIpc) is 2.75. The van der Waals surface area contributed by atoms with Gasteiger partial charge in [0.2, 0.25) is 5.91 Å². The molecule has 0 saturated carbocycles. The maximum Gasteiger partial charge on any atom is 0.258 e. The highest BCUT2D eigenvalue weighted by atomic mass is 35.5. The van der Waals surface area contributed by atoms with Crippen LogP contribution < -0.4 is 10.6 Å². The largest absolute Gasteiger partial charge is 0.325 e. The molecule has 0 atom stereocenters. The second-order valence-corrected chi connectivity index (χ2v) is 8.15. The Bertz CT molecular complexity index is 919. The normalized spacial score (nSPS) is 15.1. The number of amides is 2. The summed E-state index contributed by atoms with van der Waals surface area (Å²) < 4.78 is 0. The van der Waals surface area contributed by atoms with Crippen LogP contribution in [0.3, 0.4) is 0 Å². The second-order valence-electron chi connectivity index (χ2n) is 7.72. The van der Waals surface area contributed by atoms with Crippen molar-refractivity contribution in [3.63, 3.8) is 0 Å². The molecule has 30 heavy (non-hydrogen) atoms.